The summed E-state index contributed by atoms with van der Waals surface area (Å²) in [6, 6.07) is 14.9. The van der Waals surface area contributed by atoms with Crippen molar-refractivity contribution in [3.05, 3.63) is 101 Å². The Bertz CT molecular complexity index is 1180. The van der Waals surface area contributed by atoms with Gasteiger partial charge in [-0.3, -0.25) is 14.6 Å². The number of hydrogen-bond acceptors (Lipinski definition) is 5. The van der Waals surface area contributed by atoms with Crippen LogP contribution in [0.3, 0.4) is 0 Å². The molecule has 1 unspecified atom stereocenters. The molecule has 2 aromatic carbocycles. The molecule has 1 aliphatic heterocycles. The third-order valence-electron chi connectivity index (χ3n) is 5.22. The molecule has 1 aliphatic rings. The molecule has 1 aromatic heterocycles. The van der Waals surface area contributed by atoms with Crippen molar-refractivity contribution in [2.75, 3.05) is 6.61 Å². The SMILES string of the molecule is CCOc1cccc(C2/C(=C(/O)c3ccc(F)cc3)C(=O)C(=O)N2Cc2cccnc2)c1. The second kappa shape index (κ2) is 9.01. The number of likely N-dealkylation sites (tertiary alicyclic amines) is 1. The predicted octanol–water partition coefficient (Wildman–Crippen LogP) is 4.24. The number of rotatable bonds is 6. The average molecular weight is 432 g/mol. The van der Waals surface area contributed by atoms with Gasteiger partial charge in [-0.2, -0.15) is 0 Å². The van der Waals surface area contributed by atoms with Gasteiger partial charge in [-0.05, 0) is 60.5 Å². The average Bonchev–Trinajstić information content (AvgIpc) is 3.05. The van der Waals surface area contributed by atoms with E-state index in [0.29, 0.717) is 17.9 Å². The third-order valence-corrected chi connectivity index (χ3v) is 5.22. The van der Waals surface area contributed by atoms with Gasteiger partial charge < -0.3 is 14.7 Å². The molecular formula is C25H21FN2O4. The minimum Gasteiger partial charge on any atom is -0.507 e. The molecule has 32 heavy (non-hydrogen) atoms. The van der Waals surface area contributed by atoms with Crippen LogP contribution in [0.5, 0.6) is 5.75 Å². The largest absolute Gasteiger partial charge is 0.507 e. The zero-order valence-electron chi connectivity index (χ0n) is 17.4. The first kappa shape index (κ1) is 21.2. The first-order valence-electron chi connectivity index (χ1n) is 10.2. The van der Waals surface area contributed by atoms with E-state index in [9.17, 15) is 19.1 Å². The van der Waals surface area contributed by atoms with Crippen molar-refractivity contribution in [2.24, 2.45) is 0 Å². The normalized spacial score (nSPS) is 17.6. The summed E-state index contributed by atoms with van der Waals surface area (Å²) in [6.45, 7) is 2.44. The molecule has 0 aliphatic carbocycles. The fourth-order valence-corrected chi connectivity index (χ4v) is 3.78. The number of amides is 1. The fraction of sp³-hybridized carbons (Fsp3) is 0.160. The maximum absolute atomic E-state index is 13.4. The Labute approximate surface area is 184 Å². The standard InChI is InChI=1S/C25H21FN2O4/c1-2-32-20-7-3-6-18(13-20)22-21(23(29)17-8-10-19(26)11-9-17)24(30)25(31)28(22)15-16-5-4-12-27-14-16/h3-14,22,29H,2,15H2,1H3/b23-21-. The summed E-state index contributed by atoms with van der Waals surface area (Å²) in [7, 11) is 0. The number of carbonyl (C=O) groups is 2. The molecule has 0 saturated carbocycles. The molecule has 3 aromatic rings. The van der Waals surface area contributed by atoms with Gasteiger partial charge in [0.1, 0.15) is 17.3 Å². The lowest BCUT2D eigenvalue weighted by Gasteiger charge is -2.25. The third kappa shape index (κ3) is 4.09. The lowest BCUT2D eigenvalue weighted by atomic mass is 9.95. The van der Waals surface area contributed by atoms with Gasteiger partial charge in [-0.15, -0.1) is 0 Å². The number of hydrogen-bond donors (Lipinski definition) is 1. The molecule has 162 valence electrons. The Morgan fingerprint density at radius 3 is 2.59 bits per heavy atom. The molecule has 7 heteroatoms. The molecule has 0 bridgehead atoms. The van der Waals surface area contributed by atoms with Gasteiger partial charge in [-0.25, -0.2) is 4.39 Å². The van der Waals surface area contributed by atoms with Crippen LogP contribution in [0.25, 0.3) is 5.76 Å². The zero-order chi connectivity index (χ0) is 22.7. The number of ether oxygens (including phenoxy) is 1. The first-order chi connectivity index (χ1) is 15.5. The smallest absolute Gasteiger partial charge is 0.295 e. The Hall–Kier alpha value is -4.00. The second-order valence-electron chi connectivity index (χ2n) is 7.30. The van der Waals surface area contributed by atoms with Crippen LogP contribution < -0.4 is 4.74 Å². The van der Waals surface area contributed by atoms with Crippen LogP contribution in [-0.4, -0.2) is 33.3 Å². The molecule has 1 fully saturated rings. The van der Waals surface area contributed by atoms with Crippen molar-refractivity contribution in [1.82, 2.24) is 9.88 Å². The Morgan fingerprint density at radius 1 is 1.12 bits per heavy atom. The van der Waals surface area contributed by atoms with E-state index in [4.69, 9.17) is 4.74 Å². The van der Waals surface area contributed by atoms with Gasteiger partial charge in [0.15, 0.2) is 0 Å². The summed E-state index contributed by atoms with van der Waals surface area (Å²) in [5.74, 6) is -1.78. The van der Waals surface area contributed by atoms with Gasteiger partial charge in [0.05, 0.1) is 18.2 Å². The fourth-order valence-electron chi connectivity index (χ4n) is 3.78. The second-order valence-corrected chi connectivity index (χ2v) is 7.30. The number of ketones is 1. The summed E-state index contributed by atoms with van der Waals surface area (Å²) in [5.41, 5.74) is 1.54. The van der Waals surface area contributed by atoms with Crippen LogP contribution >= 0.6 is 0 Å². The van der Waals surface area contributed by atoms with Gasteiger partial charge in [0.2, 0.25) is 0 Å². The molecule has 1 saturated heterocycles. The van der Waals surface area contributed by atoms with E-state index < -0.39 is 23.5 Å². The van der Waals surface area contributed by atoms with Crippen molar-refractivity contribution >= 4 is 17.4 Å². The molecule has 0 radical (unpaired) electrons. The number of aliphatic hydroxyl groups excluding tert-OH is 1. The topological polar surface area (TPSA) is 79.7 Å². The summed E-state index contributed by atoms with van der Waals surface area (Å²) in [6.07, 6.45) is 3.24. The minimum atomic E-state index is -0.847. The van der Waals surface area contributed by atoms with E-state index in [1.807, 2.05) is 6.92 Å². The first-order valence-corrected chi connectivity index (χ1v) is 10.2. The number of halogens is 1. The van der Waals surface area contributed by atoms with Crippen LogP contribution in [0.1, 0.15) is 29.7 Å². The Kier molecular flexibility index (Phi) is 5.98. The van der Waals surface area contributed by atoms with E-state index in [1.165, 1.54) is 29.2 Å². The summed E-state index contributed by atoms with van der Waals surface area (Å²) in [5, 5.41) is 11.0. The van der Waals surface area contributed by atoms with Crippen LogP contribution in [0, 0.1) is 5.82 Å². The molecule has 1 N–H and O–H groups in total. The number of benzene rings is 2. The Morgan fingerprint density at radius 2 is 1.91 bits per heavy atom. The Balaban J connectivity index is 1.86. The minimum absolute atomic E-state index is 0.0563. The highest BCUT2D eigenvalue weighted by atomic mass is 19.1. The van der Waals surface area contributed by atoms with E-state index in [1.54, 1.807) is 48.8 Å². The van der Waals surface area contributed by atoms with Gasteiger partial charge in [-0.1, -0.05) is 18.2 Å². The maximum Gasteiger partial charge on any atom is 0.295 e. The number of aliphatic hydroxyl groups is 1. The van der Waals surface area contributed by atoms with Gasteiger partial charge >= 0.3 is 0 Å². The monoisotopic (exact) mass is 432 g/mol. The molecule has 0 spiro atoms. The molecule has 1 amide bonds. The van der Waals surface area contributed by atoms with Gasteiger partial charge in [0.25, 0.3) is 11.7 Å². The molecule has 1 atom stereocenters. The number of Topliss-reactive ketones (excluding diaryl/α,β-unsaturated/α-hetero) is 1. The quantitative estimate of drug-likeness (QED) is 0.358. The highest BCUT2D eigenvalue weighted by molar-refractivity contribution is 6.46. The lowest BCUT2D eigenvalue weighted by molar-refractivity contribution is -0.140. The number of nitrogens with zero attached hydrogens (tertiary/aromatic N) is 2. The van der Waals surface area contributed by atoms with Crippen molar-refractivity contribution in [3.8, 4) is 5.75 Å². The van der Waals surface area contributed by atoms with E-state index in [2.05, 4.69) is 4.98 Å². The highest BCUT2D eigenvalue weighted by Gasteiger charge is 2.46. The highest BCUT2D eigenvalue weighted by Crippen LogP contribution is 2.41. The lowest BCUT2D eigenvalue weighted by Crippen LogP contribution is -2.29. The van der Waals surface area contributed by atoms with Crippen LogP contribution in [0.4, 0.5) is 4.39 Å². The molecule has 6 nitrogen and oxygen atoms in total. The van der Waals surface area contributed by atoms with Gasteiger partial charge in [0, 0.05) is 24.5 Å². The van der Waals surface area contributed by atoms with E-state index >= 15 is 0 Å². The number of carbonyl (C=O) groups excluding carboxylic acids is 2. The maximum atomic E-state index is 13.4. The molecule has 4 rings (SSSR count). The number of pyridine rings is 1. The number of aromatic nitrogens is 1. The van der Waals surface area contributed by atoms with Crippen LogP contribution in [0.15, 0.2) is 78.6 Å². The molecular weight excluding hydrogens is 411 g/mol. The zero-order valence-corrected chi connectivity index (χ0v) is 17.4. The van der Waals surface area contributed by atoms with E-state index in [0.717, 1.165) is 5.56 Å². The summed E-state index contributed by atoms with van der Waals surface area (Å²) in [4.78, 5) is 31.6. The van der Waals surface area contributed by atoms with E-state index in [-0.39, 0.29) is 23.4 Å². The van der Waals surface area contributed by atoms with Crippen molar-refractivity contribution < 1.29 is 23.8 Å². The van der Waals surface area contributed by atoms with Crippen LogP contribution in [-0.2, 0) is 16.1 Å². The van der Waals surface area contributed by atoms with Crippen LogP contribution in [0.2, 0.25) is 0 Å². The van der Waals surface area contributed by atoms with Crippen molar-refractivity contribution in [1.29, 1.82) is 0 Å². The summed E-state index contributed by atoms with van der Waals surface area (Å²) < 4.78 is 19.0. The van der Waals surface area contributed by atoms with Crippen molar-refractivity contribution in [2.45, 2.75) is 19.5 Å². The molecule has 2 heterocycles. The summed E-state index contributed by atoms with van der Waals surface area (Å²) >= 11 is 0. The van der Waals surface area contributed by atoms with Crippen molar-refractivity contribution in [3.63, 3.8) is 0 Å². The predicted molar refractivity (Wildman–Crippen MR) is 116 cm³/mol.